The quantitative estimate of drug-likeness (QED) is 0.441. The molecule has 0 bridgehead atoms. The maximum absolute atomic E-state index is 11.1. The molecule has 0 aliphatic heterocycles. The van der Waals surface area contributed by atoms with Gasteiger partial charge in [-0.3, -0.25) is 14.8 Å². The highest BCUT2D eigenvalue weighted by Crippen LogP contribution is 2.20. The van der Waals surface area contributed by atoms with E-state index in [1.165, 1.54) is 5.48 Å². The largest absolute Gasteiger partial charge is 0.369 e. The van der Waals surface area contributed by atoms with Gasteiger partial charge in [0.15, 0.2) is 0 Å². The van der Waals surface area contributed by atoms with Crippen LogP contribution in [0.4, 0.5) is 0 Å². The molecule has 5 nitrogen and oxygen atoms in total. The van der Waals surface area contributed by atoms with Gasteiger partial charge in [0.1, 0.15) is 0 Å². The lowest BCUT2D eigenvalue weighted by atomic mass is 9.85. The van der Waals surface area contributed by atoms with Crippen LogP contribution in [0, 0.1) is 17.8 Å². The Labute approximate surface area is 83.6 Å². The predicted molar refractivity (Wildman–Crippen MR) is 51.2 cm³/mol. The maximum Gasteiger partial charge on any atom is 0.246 e. The van der Waals surface area contributed by atoms with E-state index in [9.17, 15) is 9.59 Å². The molecule has 0 saturated carbocycles. The molecule has 2 unspecified atom stereocenters. The summed E-state index contributed by atoms with van der Waals surface area (Å²) in [6.07, 6.45) is 0.546. The van der Waals surface area contributed by atoms with Crippen LogP contribution in [0.2, 0.25) is 0 Å². The van der Waals surface area contributed by atoms with Crippen molar-refractivity contribution in [1.29, 1.82) is 0 Å². The van der Waals surface area contributed by atoms with Crippen molar-refractivity contribution in [3.05, 3.63) is 0 Å². The van der Waals surface area contributed by atoms with Gasteiger partial charge in [-0.2, -0.15) is 0 Å². The molecule has 0 heterocycles. The predicted octanol–water partition coefficient (Wildman–Crippen LogP) is 0.276. The number of rotatable bonds is 5. The average molecular weight is 202 g/mol. The minimum absolute atomic E-state index is 0.279. The fourth-order valence-electron chi connectivity index (χ4n) is 1.36. The number of hydroxylamine groups is 1. The summed E-state index contributed by atoms with van der Waals surface area (Å²) in [7, 11) is 0. The van der Waals surface area contributed by atoms with Crippen molar-refractivity contribution in [2.45, 2.75) is 27.2 Å². The Morgan fingerprint density at radius 3 is 2.14 bits per heavy atom. The van der Waals surface area contributed by atoms with Gasteiger partial charge in [0.05, 0.1) is 0 Å². The normalized spacial score (nSPS) is 14.9. The molecule has 0 aromatic heterocycles. The minimum Gasteiger partial charge on any atom is -0.369 e. The fourth-order valence-corrected chi connectivity index (χ4v) is 1.36. The van der Waals surface area contributed by atoms with E-state index in [0.29, 0.717) is 6.42 Å². The van der Waals surface area contributed by atoms with E-state index in [1.807, 2.05) is 13.8 Å². The Kier molecular flexibility index (Phi) is 5.15. The Balaban J connectivity index is 4.48. The van der Waals surface area contributed by atoms with E-state index in [4.69, 9.17) is 10.9 Å². The summed E-state index contributed by atoms with van der Waals surface area (Å²) in [5.41, 5.74) is 6.70. The number of nitrogens with two attached hydrogens (primary N) is 1. The molecule has 5 heteroatoms. The third kappa shape index (κ3) is 3.74. The van der Waals surface area contributed by atoms with E-state index in [1.54, 1.807) is 6.92 Å². The third-order valence-electron chi connectivity index (χ3n) is 2.22. The molecule has 0 saturated heterocycles. The lowest BCUT2D eigenvalue weighted by Crippen LogP contribution is -2.38. The molecular weight excluding hydrogens is 184 g/mol. The van der Waals surface area contributed by atoms with Crippen LogP contribution in [0.15, 0.2) is 0 Å². The summed E-state index contributed by atoms with van der Waals surface area (Å²) in [4.78, 5) is 22.1. The van der Waals surface area contributed by atoms with Crippen LogP contribution < -0.4 is 11.2 Å². The molecule has 0 spiro atoms. The molecule has 82 valence electrons. The SMILES string of the molecule is CC(C)CC(C(N)=O)C(C)C(=O)NO. The monoisotopic (exact) mass is 202 g/mol. The highest BCUT2D eigenvalue weighted by Gasteiger charge is 2.28. The Hall–Kier alpha value is -1.10. The van der Waals surface area contributed by atoms with Crippen molar-refractivity contribution in [3.63, 3.8) is 0 Å². The van der Waals surface area contributed by atoms with Gasteiger partial charge in [-0.05, 0) is 12.3 Å². The van der Waals surface area contributed by atoms with Crippen LogP contribution in [0.1, 0.15) is 27.2 Å². The Morgan fingerprint density at radius 1 is 1.36 bits per heavy atom. The highest BCUT2D eigenvalue weighted by molar-refractivity contribution is 5.86. The van der Waals surface area contributed by atoms with Crippen molar-refractivity contribution in [2.75, 3.05) is 0 Å². The number of carbonyl (C=O) groups excluding carboxylic acids is 2. The smallest absolute Gasteiger partial charge is 0.246 e. The molecule has 0 radical (unpaired) electrons. The summed E-state index contributed by atoms with van der Waals surface area (Å²) in [6, 6.07) is 0. The van der Waals surface area contributed by atoms with Crippen molar-refractivity contribution in [1.82, 2.24) is 5.48 Å². The lowest BCUT2D eigenvalue weighted by Gasteiger charge is -2.20. The summed E-state index contributed by atoms with van der Waals surface area (Å²) >= 11 is 0. The molecule has 0 aliphatic carbocycles. The molecule has 0 aromatic rings. The first kappa shape index (κ1) is 12.9. The number of nitrogens with one attached hydrogen (secondary N) is 1. The highest BCUT2D eigenvalue weighted by atomic mass is 16.5. The second-order valence-electron chi connectivity index (χ2n) is 3.90. The van der Waals surface area contributed by atoms with Gasteiger partial charge in [0.2, 0.25) is 11.8 Å². The summed E-state index contributed by atoms with van der Waals surface area (Å²) in [5.74, 6) is -1.92. The lowest BCUT2D eigenvalue weighted by molar-refractivity contribution is -0.139. The number of carbonyl (C=O) groups is 2. The van der Waals surface area contributed by atoms with E-state index < -0.39 is 23.7 Å². The van der Waals surface area contributed by atoms with Crippen LogP contribution in [0.25, 0.3) is 0 Å². The molecule has 0 aromatic carbocycles. The summed E-state index contributed by atoms with van der Waals surface area (Å²) in [5, 5.41) is 8.42. The van der Waals surface area contributed by atoms with Gasteiger partial charge in [-0.25, -0.2) is 5.48 Å². The number of primary amides is 1. The van der Waals surface area contributed by atoms with Crippen molar-refractivity contribution in [2.24, 2.45) is 23.5 Å². The molecule has 2 amide bonds. The Morgan fingerprint density at radius 2 is 1.86 bits per heavy atom. The van der Waals surface area contributed by atoms with Gasteiger partial charge in [-0.1, -0.05) is 20.8 Å². The minimum atomic E-state index is -0.597. The van der Waals surface area contributed by atoms with E-state index >= 15 is 0 Å². The molecular formula is C9H18N2O3. The topological polar surface area (TPSA) is 92.4 Å². The number of hydrogen-bond donors (Lipinski definition) is 3. The number of hydrogen-bond acceptors (Lipinski definition) is 3. The van der Waals surface area contributed by atoms with Crippen LogP contribution in [0.5, 0.6) is 0 Å². The first-order chi connectivity index (χ1) is 6.40. The van der Waals surface area contributed by atoms with Gasteiger partial charge in [0, 0.05) is 11.8 Å². The van der Waals surface area contributed by atoms with Crippen LogP contribution in [-0.4, -0.2) is 17.0 Å². The summed E-state index contributed by atoms with van der Waals surface area (Å²) < 4.78 is 0. The fraction of sp³-hybridized carbons (Fsp3) is 0.778. The van der Waals surface area contributed by atoms with Gasteiger partial charge in [0.25, 0.3) is 0 Å². The number of amides is 2. The molecule has 0 fully saturated rings. The first-order valence-corrected chi connectivity index (χ1v) is 4.63. The maximum atomic E-state index is 11.1. The third-order valence-corrected chi connectivity index (χ3v) is 2.22. The van der Waals surface area contributed by atoms with Crippen molar-refractivity contribution in [3.8, 4) is 0 Å². The zero-order valence-corrected chi connectivity index (χ0v) is 8.78. The van der Waals surface area contributed by atoms with E-state index in [2.05, 4.69) is 0 Å². The van der Waals surface area contributed by atoms with Crippen LogP contribution >= 0.6 is 0 Å². The zero-order chi connectivity index (χ0) is 11.3. The van der Waals surface area contributed by atoms with Gasteiger partial charge < -0.3 is 5.73 Å². The van der Waals surface area contributed by atoms with E-state index in [0.717, 1.165) is 0 Å². The van der Waals surface area contributed by atoms with Crippen LogP contribution in [0.3, 0.4) is 0 Å². The second-order valence-corrected chi connectivity index (χ2v) is 3.90. The van der Waals surface area contributed by atoms with E-state index in [-0.39, 0.29) is 5.92 Å². The molecule has 14 heavy (non-hydrogen) atoms. The molecule has 2 atom stereocenters. The standard InChI is InChI=1S/C9H18N2O3/c1-5(2)4-7(8(10)12)6(3)9(13)11-14/h5-7,14H,4H2,1-3H3,(H2,10,12)(H,11,13). The molecule has 4 N–H and O–H groups in total. The molecule has 0 aliphatic rings. The van der Waals surface area contributed by atoms with Crippen LogP contribution in [-0.2, 0) is 9.59 Å². The van der Waals surface area contributed by atoms with Gasteiger partial charge in [-0.15, -0.1) is 0 Å². The average Bonchev–Trinajstić information content (AvgIpc) is 2.11. The first-order valence-electron chi connectivity index (χ1n) is 4.63. The van der Waals surface area contributed by atoms with Crippen molar-refractivity contribution >= 4 is 11.8 Å². The Bertz CT molecular complexity index is 216. The van der Waals surface area contributed by atoms with Gasteiger partial charge >= 0.3 is 0 Å². The second kappa shape index (κ2) is 5.59. The van der Waals surface area contributed by atoms with Crippen molar-refractivity contribution < 1.29 is 14.8 Å². The molecule has 0 rings (SSSR count). The summed E-state index contributed by atoms with van der Waals surface area (Å²) in [6.45, 7) is 5.46. The zero-order valence-electron chi connectivity index (χ0n) is 8.78.